The van der Waals surface area contributed by atoms with E-state index in [1.54, 1.807) is 18.2 Å². The highest BCUT2D eigenvalue weighted by atomic mass is 32.2. The number of nitrogens with zero attached hydrogens (tertiary/aromatic N) is 2. The first-order valence-electron chi connectivity index (χ1n) is 13.2. The molecule has 1 N–H and O–H groups in total. The first-order valence-corrected chi connectivity index (χ1v) is 15.1. The van der Waals surface area contributed by atoms with Gasteiger partial charge in [0, 0.05) is 19.0 Å². The molecular formula is C31H39N3O5S. The third-order valence-corrected chi connectivity index (χ3v) is 7.55. The maximum atomic E-state index is 14.2. The molecule has 9 heteroatoms. The molecule has 0 radical (unpaired) electrons. The van der Waals surface area contributed by atoms with Crippen LogP contribution in [0.5, 0.6) is 5.75 Å². The molecule has 0 aliphatic heterocycles. The predicted octanol–water partition coefficient (Wildman–Crippen LogP) is 4.24. The Hall–Kier alpha value is -3.85. The number of hydrogen-bond donors (Lipinski definition) is 1. The molecule has 0 fully saturated rings. The molecule has 0 saturated heterocycles. The highest BCUT2D eigenvalue weighted by Crippen LogP contribution is 2.31. The predicted molar refractivity (Wildman–Crippen MR) is 159 cm³/mol. The second-order valence-electron chi connectivity index (χ2n) is 10.3. The van der Waals surface area contributed by atoms with Crippen LogP contribution in [0, 0.1) is 13.8 Å². The van der Waals surface area contributed by atoms with Gasteiger partial charge in [-0.1, -0.05) is 66.2 Å². The second kappa shape index (κ2) is 13.5. The molecule has 0 heterocycles. The minimum Gasteiger partial charge on any atom is -0.495 e. The Balaban J connectivity index is 2.10. The van der Waals surface area contributed by atoms with Crippen LogP contribution in [0.4, 0.5) is 5.69 Å². The van der Waals surface area contributed by atoms with Crippen molar-refractivity contribution in [2.24, 2.45) is 0 Å². The van der Waals surface area contributed by atoms with Gasteiger partial charge < -0.3 is 15.0 Å². The van der Waals surface area contributed by atoms with Gasteiger partial charge in [-0.3, -0.25) is 13.9 Å². The summed E-state index contributed by atoms with van der Waals surface area (Å²) in [7, 11) is -2.44. The summed E-state index contributed by atoms with van der Waals surface area (Å²) in [6, 6.07) is 21.3. The van der Waals surface area contributed by atoms with E-state index in [4.69, 9.17) is 4.74 Å². The van der Waals surface area contributed by atoms with Crippen LogP contribution in [0.25, 0.3) is 0 Å². The quantitative estimate of drug-likeness (QED) is 0.354. The Morgan fingerprint density at radius 3 is 2.15 bits per heavy atom. The molecule has 0 aliphatic rings. The van der Waals surface area contributed by atoms with E-state index in [-0.39, 0.29) is 30.6 Å². The molecule has 2 amide bonds. The summed E-state index contributed by atoms with van der Waals surface area (Å²) in [6.45, 7) is 7.15. The van der Waals surface area contributed by atoms with Gasteiger partial charge in [-0.2, -0.15) is 0 Å². The van der Waals surface area contributed by atoms with Crippen molar-refractivity contribution >= 4 is 27.5 Å². The number of hydrogen-bond acceptors (Lipinski definition) is 5. The molecule has 0 bridgehead atoms. The van der Waals surface area contributed by atoms with Gasteiger partial charge in [0.25, 0.3) is 0 Å². The summed E-state index contributed by atoms with van der Waals surface area (Å²) < 4.78 is 32.6. The molecule has 1 atom stereocenters. The zero-order chi connectivity index (χ0) is 29.4. The largest absolute Gasteiger partial charge is 0.495 e. The first kappa shape index (κ1) is 30.7. The summed E-state index contributed by atoms with van der Waals surface area (Å²) in [5, 5.41) is 2.95. The maximum Gasteiger partial charge on any atom is 0.244 e. The summed E-state index contributed by atoms with van der Waals surface area (Å²) in [6.07, 6.45) is 1.32. The average molecular weight is 566 g/mol. The van der Waals surface area contributed by atoms with Crippen LogP contribution in [0.3, 0.4) is 0 Å². The highest BCUT2D eigenvalue weighted by Gasteiger charge is 2.34. The smallest absolute Gasteiger partial charge is 0.244 e. The third kappa shape index (κ3) is 8.32. The van der Waals surface area contributed by atoms with Crippen molar-refractivity contribution in [1.82, 2.24) is 10.2 Å². The summed E-state index contributed by atoms with van der Waals surface area (Å²) >= 11 is 0. The van der Waals surface area contributed by atoms with Gasteiger partial charge >= 0.3 is 0 Å². The van der Waals surface area contributed by atoms with E-state index in [2.05, 4.69) is 5.32 Å². The Kier molecular flexibility index (Phi) is 10.3. The SMILES string of the molecule is COc1ccc(C)cc1N(CC(=O)N(Cc1cccc(C)c1)[C@H](Cc1ccccc1)C(=O)NC(C)C)S(C)(=O)=O. The van der Waals surface area contributed by atoms with Crippen molar-refractivity contribution < 1.29 is 22.7 Å². The van der Waals surface area contributed by atoms with Gasteiger partial charge in [0.05, 0.1) is 19.1 Å². The van der Waals surface area contributed by atoms with Crippen molar-refractivity contribution in [3.63, 3.8) is 0 Å². The average Bonchev–Trinajstić information content (AvgIpc) is 2.88. The fourth-order valence-corrected chi connectivity index (χ4v) is 5.38. The first-order chi connectivity index (χ1) is 18.9. The number of carbonyl (C=O) groups excluding carboxylic acids is 2. The molecule has 3 rings (SSSR count). The van der Waals surface area contributed by atoms with Crippen molar-refractivity contribution in [2.45, 2.75) is 52.7 Å². The summed E-state index contributed by atoms with van der Waals surface area (Å²) in [5.74, 6) is -0.485. The number of benzene rings is 3. The molecule has 214 valence electrons. The normalized spacial score (nSPS) is 12.1. The number of aryl methyl sites for hydroxylation is 2. The molecular weight excluding hydrogens is 526 g/mol. The number of rotatable bonds is 12. The molecule has 8 nitrogen and oxygen atoms in total. The number of amides is 2. The molecule has 0 aromatic heterocycles. The standard InChI is InChI=1S/C31H39N3O5S/c1-22(2)32-31(36)28(19-25-12-8-7-9-13-25)33(20-26-14-10-11-23(3)17-26)30(35)21-34(40(6,37)38)27-18-24(4)15-16-29(27)39-5/h7-18,22,28H,19-21H2,1-6H3,(H,32,36)/t28-/m1/s1. The number of ether oxygens (including phenoxy) is 1. The fourth-order valence-electron chi connectivity index (χ4n) is 4.53. The highest BCUT2D eigenvalue weighted by molar-refractivity contribution is 7.92. The fraction of sp³-hybridized carbons (Fsp3) is 0.355. The summed E-state index contributed by atoms with van der Waals surface area (Å²) in [4.78, 5) is 29.3. The van der Waals surface area contributed by atoms with Crippen LogP contribution in [0.15, 0.2) is 72.8 Å². The molecule has 0 saturated carbocycles. The van der Waals surface area contributed by atoms with E-state index in [1.165, 1.54) is 12.0 Å². The molecule has 40 heavy (non-hydrogen) atoms. The van der Waals surface area contributed by atoms with Crippen LogP contribution < -0.4 is 14.4 Å². The topological polar surface area (TPSA) is 96.0 Å². The second-order valence-corrected chi connectivity index (χ2v) is 12.2. The molecule has 0 unspecified atom stereocenters. The zero-order valence-corrected chi connectivity index (χ0v) is 24.9. The van der Waals surface area contributed by atoms with E-state index in [0.717, 1.165) is 32.8 Å². The Bertz CT molecular complexity index is 1420. The maximum absolute atomic E-state index is 14.2. The van der Waals surface area contributed by atoms with E-state index >= 15 is 0 Å². The molecule has 0 spiro atoms. The van der Waals surface area contributed by atoms with Crippen molar-refractivity contribution in [2.75, 3.05) is 24.2 Å². The Morgan fingerprint density at radius 2 is 1.55 bits per heavy atom. The van der Waals surface area contributed by atoms with Crippen LogP contribution in [0.2, 0.25) is 0 Å². The number of nitrogens with one attached hydrogen (secondary N) is 1. The number of anilines is 1. The van der Waals surface area contributed by atoms with E-state index < -0.39 is 28.5 Å². The van der Waals surface area contributed by atoms with Crippen LogP contribution in [-0.2, 0) is 32.6 Å². The molecule has 3 aromatic rings. The number of methoxy groups -OCH3 is 1. The zero-order valence-electron chi connectivity index (χ0n) is 24.0. The van der Waals surface area contributed by atoms with Gasteiger partial charge in [0.1, 0.15) is 18.3 Å². The van der Waals surface area contributed by atoms with Gasteiger partial charge in [0.15, 0.2) is 0 Å². The van der Waals surface area contributed by atoms with Gasteiger partial charge in [-0.05, 0) is 56.5 Å². The van der Waals surface area contributed by atoms with Gasteiger partial charge in [0.2, 0.25) is 21.8 Å². The molecule has 0 aliphatic carbocycles. The number of sulfonamides is 1. The summed E-state index contributed by atoms with van der Waals surface area (Å²) in [5.41, 5.74) is 3.81. The Morgan fingerprint density at radius 1 is 0.900 bits per heavy atom. The van der Waals surface area contributed by atoms with E-state index in [0.29, 0.717) is 5.75 Å². The lowest BCUT2D eigenvalue weighted by Gasteiger charge is -2.34. The Labute approximate surface area is 238 Å². The minimum atomic E-state index is -3.89. The van der Waals surface area contributed by atoms with Crippen LogP contribution >= 0.6 is 0 Å². The lowest BCUT2D eigenvalue weighted by Crippen LogP contribution is -2.54. The lowest BCUT2D eigenvalue weighted by molar-refractivity contribution is -0.140. The van der Waals surface area contributed by atoms with Crippen molar-refractivity contribution in [3.8, 4) is 5.75 Å². The lowest BCUT2D eigenvalue weighted by atomic mass is 10.0. The van der Waals surface area contributed by atoms with Crippen LogP contribution in [-0.4, -0.2) is 57.1 Å². The van der Waals surface area contributed by atoms with Crippen molar-refractivity contribution in [3.05, 3.63) is 95.1 Å². The van der Waals surface area contributed by atoms with Crippen LogP contribution in [0.1, 0.15) is 36.1 Å². The molecule has 3 aromatic carbocycles. The van der Waals surface area contributed by atoms with Crippen molar-refractivity contribution in [1.29, 1.82) is 0 Å². The number of carbonyl (C=O) groups is 2. The van der Waals surface area contributed by atoms with Gasteiger partial charge in [-0.25, -0.2) is 8.42 Å². The monoisotopic (exact) mass is 565 g/mol. The third-order valence-electron chi connectivity index (χ3n) is 6.42. The van der Waals surface area contributed by atoms with E-state index in [1.807, 2.05) is 82.3 Å². The van der Waals surface area contributed by atoms with Gasteiger partial charge in [-0.15, -0.1) is 0 Å². The minimum absolute atomic E-state index is 0.131. The van der Waals surface area contributed by atoms with E-state index in [9.17, 15) is 18.0 Å².